The molecule has 0 radical (unpaired) electrons. The first-order valence-corrected chi connectivity index (χ1v) is 11.9. The zero-order chi connectivity index (χ0) is 19.9. The van der Waals surface area contributed by atoms with Crippen molar-refractivity contribution in [3.8, 4) is 11.3 Å². The molecule has 1 heterocycles. The van der Waals surface area contributed by atoms with Crippen molar-refractivity contribution in [2.75, 3.05) is 0 Å². The predicted octanol–water partition coefficient (Wildman–Crippen LogP) is 8.55. The van der Waals surface area contributed by atoms with Gasteiger partial charge in [0.15, 0.2) is 0 Å². The minimum Gasteiger partial charge on any atom is -0.256 e. The number of hydrogen-bond donors (Lipinski definition) is 0. The third kappa shape index (κ3) is 9.04. The molecule has 1 heteroatoms. The van der Waals surface area contributed by atoms with Crippen molar-refractivity contribution in [2.45, 2.75) is 104 Å². The standard InChI is InChI=1S/C27H41N/c1-3-5-7-9-11-13-15-24-17-20-26(21-18-24)27-22-19-25(23-28-27)16-14-12-10-8-6-4-2/h17-23H,3-16H2,1-2H3. The Bertz CT molecular complexity index is 554. The molecular formula is C27H41N. The first-order chi connectivity index (χ1) is 13.8. The Morgan fingerprint density at radius 3 is 1.57 bits per heavy atom. The fourth-order valence-electron chi connectivity index (χ4n) is 3.80. The smallest absolute Gasteiger partial charge is 0.0702 e. The van der Waals surface area contributed by atoms with E-state index < -0.39 is 0 Å². The number of pyridine rings is 1. The van der Waals surface area contributed by atoms with Crippen LogP contribution in [0.15, 0.2) is 42.6 Å². The second kappa shape index (κ2) is 14.4. The average molecular weight is 380 g/mol. The average Bonchev–Trinajstić information content (AvgIpc) is 2.74. The van der Waals surface area contributed by atoms with Crippen LogP contribution >= 0.6 is 0 Å². The molecule has 0 aliphatic rings. The Hall–Kier alpha value is -1.63. The molecule has 0 aliphatic heterocycles. The lowest BCUT2D eigenvalue weighted by Crippen LogP contribution is -1.91. The lowest BCUT2D eigenvalue weighted by molar-refractivity contribution is 0.607. The summed E-state index contributed by atoms with van der Waals surface area (Å²) in [4.78, 5) is 4.71. The summed E-state index contributed by atoms with van der Waals surface area (Å²) in [5.41, 5.74) is 5.16. The van der Waals surface area contributed by atoms with E-state index in [4.69, 9.17) is 4.98 Å². The lowest BCUT2D eigenvalue weighted by atomic mass is 10.0. The van der Waals surface area contributed by atoms with Gasteiger partial charge in [-0.15, -0.1) is 0 Å². The molecule has 0 bridgehead atoms. The Labute approximate surface area is 174 Å². The molecular weight excluding hydrogens is 338 g/mol. The van der Waals surface area contributed by atoms with Gasteiger partial charge in [-0.3, -0.25) is 4.98 Å². The fourth-order valence-corrected chi connectivity index (χ4v) is 3.80. The molecule has 1 aromatic heterocycles. The Kier molecular flexibility index (Phi) is 11.6. The Balaban J connectivity index is 1.71. The van der Waals surface area contributed by atoms with Crippen molar-refractivity contribution in [3.05, 3.63) is 53.7 Å². The van der Waals surface area contributed by atoms with Crippen LogP contribution in [0.2, 0.25) is 0 Å². The van der Waals surface area contributed by atoms with E-state index in [0.717, 1.165) is 12.1 Å². The van der Waals surface area contributed by atoms with E-state index in [1.54, 1.807) is 0 Å². The molecule has 0 fully saturated rings. The van der Waals surface area contributed by atoms with Crippen LogP contribution in [-0.2, 0) is 12.8 Å². The van der Waals surface area contributed by atoms with Gasteiger partial charge in [-0.1, -0.05) is 108 Å². The molecule has 154 valence electrons. The highest BCUT2D eigenvalue weighted by Gasteiger charge is 2.01. The molecule has 0 saturated carbocycles. The van der Waals surface area contributed by atoms with Gasteiger partial charge in [0.1, 0.15) is 0 Å². The topological polar surface area (TPSA) is 12.9 Å². The second-order valence-electron chi connectivity index (χ2n) is 8.28. The summed E-state index contributed by atoms with van der Waals surface area (Å²) in [5.74, 6) is 0. The van der Waals surface area contributed by atoms with E-state index in [1.165, 1.54) is 100 Å². The van der Waals surface area contributed by atoms with E-state index in [1.807, 2.05) is 0 Å². The summed E-state index contributed by atoms with van der Waals surface area (Å²) in [6, 6.07) is 13.5. The summed E-state index contributed by atoms with van der Waals surface area (Å²) < 4.78 is 0. The minimum absolute atomic E-state index is 1.10. The zero-order valence-corrected chi connectivity index (χ0v) is 18.4. The first kappa shape index (κ1) is 22.7. The van der Waals surface area contributed by atoms with E-state index in [-0.39, 0.29) is 0 Å². The highest BCUT2D eigenvalue weighted by molar-refractivity contribution is 5.59. The summed E-state index contributed by atoms with van der Waals surface area (Å²) in [7, 11) is 0. The zero-order valence-electron chi connectivity index (χ0n) is 18.4. The van der Waals surface area contributed by atoms with Gasteiger partial charge in [0, 0.05) is 11.8 Å². The highest BCUT2D eigenvalue weighted by Crippen LogP contribution is 2.20. The van der Waals surface area contributed by atoms with Crippen molar-refractivity contribution in [3.63, 3.8) is 0 Å². The molecule has 2 aromatic rings. The van der Waals surface area contributed by atoms with Crippen molar-refractivity contribution < 1.29 is 0 Å². The number of aromatic nitrogens is 1. The number of benzene rings is 1. The van der Waals surface area contributed by atoms with Crippen LogP contribution in [0.1, 0.15) is 102 Å². The van der Waals surface area contributed by atoms with Crippen molar-refractivity contribution in [1.29, 1.82) is 0 Å². The van der Waals surface area contributed by atoms with Crippen molar-refractivity contribution >= 4 is 0 Å². The van der Waals surface area contributed by atoms with Gasteiger partial charge in [0.05, 0.1) is 5.69 Å². The van der Waals surface area contributed by atoms with Crippen LogP contribution < -0.4 is 0 Å². The summed E-state index contributed by atoms with van der Waals surface area (Å²) in [5, 5.41) is 0. The summed E-state index contributed by atoms with van der Waals surface area (Å²) in [6.07, 6.45) is 20.7. The molecule has 1 aromatic carbocycles. The monoisotopic (exact) mass is 379 g/mol. The predicted molar refractivity (Wildman–Crippen MR) is 124 cm³/mol. The molecule has 28 heavy (non-hydrogen) atoms. The maximum Gasteiger partial charge on any atom is 0.0702 e. The maximum absolute atomic E-state index is 4.71. The minimum atomic E-state index is 1.10. The largest absolute Gasteiger partial charge is 0.256 e. The van der Waals surface area contributed by atoms with Gasteiger partial charge < -0.3 is 0 Å². The summed E-state index contributed by atoms with van der Waals surface area (Å²) >= 11 is 0. The number of rotatable bonds is 15. The molecule has 0 saturated heterocycles. The van der Waals surface area contributed by atoms with E-state index in [0.29, 0.717) is 0 Å². The van der Waals surface area contributed by atoms with Gasteiger partial charge in [0.25, 0.3) is 0 Å². The SMILES string of the molecule is CCCCCCCCc1ccc(-c2ccc(CCCCCCCC)cn2)cc1. The van der Waals surface area contributed by atoms with Crippen molar-refractivity contribution in [2.24, 2.45) is 0 Å². The van der Waals surface area contributed by atoms with Crippen LogP contribution in [0, 0.1) is 0 Å². The normalized spacial score (nSPS) is 11.1. The van der Waals surface area contributed by atoms with Crippen LogP contribution in [-0.4, -0.2) is 4.98 Å². The van der Waals surface area contributed by atoms with Crippen LogP contribution in [0.25, 0.3) is 11.3 Å². The highest BCUT2D eigenvalue weighted by atomic mass is 14.7. The van der Waals surface area contributed by atoms with Crippen LogP contribution in [0.4, 0.5) is 0 Å². The molecule has 0 spiro atoms. The maximum atomic E-state index is 4.71. The fraction of sp³-hybridized carbons (Fsp3) is 0.593. The van der Waals surface area contributed by atoms with E-state index in [2.05, 4.69) is 56.4 Å². The molecule has 0 unspecified atom stereocenters. The number of unbranched alkanes of at least 4 members (excludes halogenated alkanes) is 10. The van der Waals surface area contributed by atoms with E-state index in [9.17, 15) is 0 Å². The molecule has 0 N–H and O–H groups in total. The molecule has 0 amide bonds. The molecule has 0 aliphatic carbocycles. The Morgan fingerprint density at radius 1 is 0.536 bits per heavy atom. The van der Waals surface area contributed by atoms with Crippen LogP contribution in [0.5, 0.6) is 0 Å². The molecule has 2 rings (SSSR count). The van der Waals surface area contributed by atoms with Gasteiger partial charge in [-0.05, 0) is 42.9 Å². The molecule has 1 nitrogen and oxygen atoms in total. The first-order valence-electron chi connectivity index (χ1n) is 11.9. The summed E-state index contributed by atoms with van der Waals surface area (Å²) in [6.45, 7) is 4.55. The molecule has 0 atom stereocenters. The number of aryl methyl sites for hydroxylation is 2. The Morgan fingerprint density at radius 2 is 1.04 bits per heavy atom. The van der Waals surface area contributed by atoms with Gasteiger partial charge in [-0.2, -0.15) is 0 Å². The van der Waals surface area contributed by atoms with Crippen molar-refractivity contribution in [1.82, 2.24) is 4.98 Å². The van der Waals surface area contributed by atoms with Gasteiger partial charge in [-0.25, -0.2) is 0 Å². The number of hydrogen-bond acceptors (Lipinski definition) is 1. The van der Waals surface area contributed by atoms with Gasteiger partial charge >= 0.3 is 0 Å². The second-order valence-corrected chi connectivity index (χ2v) is 8.28. The van der Waals surface area contributed by atoms with Crippen LogP contribution in [0.3, 0.4) is 0 Å². The lowest BCUT2D eigenvalue weighted by Gasteiger charge is -2.06. The third-order valence-electron chi connectivity index (χ3n) is 5.71. The third-order valence-corrected chi connectivity index (χ3v) is 5.71. The van der Waals surface area contributed by atoms with E-state index >= 15 is 0 Å². The van der Waals surface area contributed by atoms with Gasteiger partial charge in [0.2, 0.25) is 0 Å². The quantitative estimate of drug-likeness (QED) is 0.282. The number of nitrogens with zero attached hydrogens (tertiary/aromatic N) is 1.